The molecule has 5 heteroatoms. The van der Waals surface area contributed by atoms with Gasteiger partial charge in [0.25, 0.3) is 8.32 Å². The number of benzene rings is 2. The summed E-state index contributed by atoms with van der Waals surface area (Å²) in [5, 5.41) is 12.1. The standard InChI is InChI=1S/C25H32O4Si/c1-22(2,3)30(19-12-8-6-9-13-19,20-14-10-7-11-15-20)28-18-24-16-25(17-24,21(26)27)29-23(24,4)5/h6-15H,16-18H2,1-5H3,(H,26,27). The van der Waals surface area contributed by atoms with Crippen molar-refractivity contribution in [2.24, 2.45) is 5.41 Å². The van der Waals surface area contributed by atoms with Crippen molar-refractivity contribution in [1.82, 2.24) is 0 Å². The summed E-state index contributed by atoms with van der Waals surface area (Å²) in [4.78, 5) is 11.8. The van der Waals surface area contributed by atoms with Crippen LogP contribution in [0.3, 0.4) is 0 Å². The van der Waals surface area contributed by atoms with E-state index in [1.165, 1.54) is 10.4 Å². The van der Waals surface area contributed by atoms with Crippen LogP contribution in [0.5, 0.6) is 0 Å². The number of hydrogen-bond acceptors (Lipinski definition) is 3. The van der Waals surface area contributed by atoms with Gasteiger partial charge in [-0.15, -0.1) is 0 Å². The van der Waals surface area contributed by atoms with Gasteiger partial charge in [-0.3, -0.25) is 0 Å². The predicted molar refractivity (Wildman–Crippen MR) is 121 cm³/mol. The minimum Gasteiger partial charge on any atom is -0.479 e. The van der Waals surface area contributed by atoms with Crippen molar-refractivity contribution in [3.05, 3.63) is 60.7 Å². The third kappa shape index (κ3) is 2.90. The molecule has 3 fully saturated rings. The Labute approximate surface area is 180 Å². The average Bonchev–Trinajstić information content (AvgIpc) is 3.03. The molecule has 2 saturated heterocycles. The normalized spacial score (nSPS) is 27.5. The Morgan fingerprint density at radius 3 is 1.83 bits per heavy atom. The highest BCUT2D eigenvalue weighted by Crippen LogP contribution is 2.66. The molecule has 2 heterocycles. The highest BCUT2D eigenvalue weighted by Gasteiger charge is 2.75. The highest BCUT2D eigenvalue weighted by molar-refractivity contribution is 6.99. The molecule has 2 aliphatic heterocycles. The Bertz CT molecular complexity index is 885. The number of rotatable bonds is 6. The number of hydrogen-bond donors (Lipinski definition) is 1. The molecule has 0 unspecified atom stereocenters. The Morgan fingerprint density at radius 1 is 1.00 bits per heavy atom. The minimum atomic E-state index is -2.66. The Kier molecular flexibility index (Phi) is 4.81. The van der Waals surface area contributed by atoms with E-state index >= 15 is 0 Å². The van der Waals surface area contributed by atoms with Crippen molar-refractivity contribution >= 4 is 24.7 Å². The van der Waals surface area contributed by atoms with E-state index in [4.69, 9.17) is 9.16 Å². The Balaban J connectivity index is 1.77. The molecule has 30 heavy (non-hydrogen) atoms. The maximum absolute atomic E-state index is 11.8. The summed E-state index contributed by atoms with van der Waals surface area (Å²) in [5.41, 5.74) is -1.85. The van der Waals surface area contributed by atoms with Crippen LogP contribution in [0, 0.1) is 5.41 Å². The van der Waals surface area contributed by atoms with Crippen LogP contribution < -0.4 is 10.4 Å². The molecule has 1 saturated carbocycles. The van der Waals surface area contributed by atoms with E-state index in [0.717, 1.165) is 0 Å². The smallest absolute Gasteiger partial charge is 0.336 e. The van der Waals surface area contributed by atoms with E-state index < -0.39 is 25.5 Å². The first kappa shape index (κ1) is 21.3. The van der Waals surface area contributed by atoms with Crippen LogP contribution in [0.4, 0.5) is 0 Å². The zero-order chi connectivity index (χ0) is 21.8. The van der Waals surface area contributed by atoms with Gasteiger partial charge in [-0.2, -0.15) is 0 Å². The molecule has 3 aliphatic rings. The molecular formula is C25H32O4Si. The lowest BCUT2D eigenvalue weighted by Gasteiger charge is -2.49. The topological polar surface area (TPSA) is 55.8 Å². The van der Waals surface area contributed by atoms with Crippen LogP contribution in [0.15, 0.2) is 60.7 Å². The largest absolute Gasteiger partial charge is 0.479 e. The molecule has 0 radical (unpaired) electrons. The molecule has 1 N–H and O–H groups in total. The lowest BCUT2D eigenvalue weighted by Crippen LogP contribution is -2.68. The SMILES string of the molecule is CC1(C)OC2(C(=O)O)CC1(CO[Si](c1ccccc1)(c1ccccc1)C(C)(C)C)C2. The summed E-state index contributed by atoms with van der Waals surface area (Å²) in [6.07, 6.45) is 1.03. The van der Waals surface area contributed by atoms with E-state index in [0.29, 0.717) is 19.4 Å². The first-order valence-electron chi connectivity index (χ1n) is 10.7. The van der Waals surface area contributed by atoms with Crippen molar-refractivity contribution in [2.75, 3.05) is 6.61 Å². The average molecular weight is 425 g/mol. The van der Waals surface area contributed by atoms with Crippen molar-refractivity contribution in [2.45, 2.75) is 63.7 Å². The molecule has 5 rings (SSSR count). The van der Waals surface area contributed by atoms with Gasteiger partial charge in [0.15, 0.2) is 5.60 Å². The first-order chi connectivity index (χ1) is 14.0. The van der Waals surface area contributed by atoms with Gasteiger partial charge in [0.1, 0.15) is 0 Å². The number of aliphatic carboxylic acids is 1. The number of carboxylic acid groups (broad SMARTS) is 1. The fraction of sp³-hybridized carbons (Fsp3) is 0.480. The van der Waals surface area contributed by atoms with Gasteiger partial charge < -0.3 is 14.3 Å². The molecule has 4 nitrogen and oxygen atoms in total. The molecule has 0 amide bonds. The molecule has 2 aromatic rings. The monoisotopic (exact) mass is 424 g/mol. The number of ether oxygens (including phenoxy) is 1. The van der Waals surface area contributed by atoms with Crippen LogP contribution in [0.1, 0.15) is 47.5 Å². The van der Waals surface area contributed by atoms with Crippen molar-refractivity contribution in [3.8, 4) is 0 Å². The fourth-order valence-electron chi connectivity index (χ4n) is 5.61. The maximum Gasteiger partial charge on any atom is 0.336 e. The minimum absolute atomic E-state index is 0.108. The summed E-state index contributed by atoms with van der Waals surface area (Å²) >= 11 is 0. The summed E-state index contributed by atoms with van der Waals surface area (Å²) < 4.78 is 13.2. The predicted octanol–water partition coefficient (Wildman–Crippen LogP) is 3.98. The molecule has 0 atom stereocenters. The third-order valence-electron chi connectivity index (χ3n) is 7.35. The van der Waals surface area contributed by atoms with Gasteiger partial charge in [0.05, 0.1) is 5.60 Å². The van der Waals surface area contributed by atoms with Gasteiger partial charge in [-0.05, 0) is 42.1 Å². The second-order valence-corrected chi connectivity index (χ2v) is 14.8. The number of fused-ring (bicyclic) bond motifs is 1. The molecule has 0 aromatic heterocycles. The zero-order valence-electron chi connectivity index (χ0n) is 18.6. The second kappa shape index (κ2) is 6.77. The van der Waals surface area contributed by atoms with Crippen LogP contribution in [-0.2, 0) is 14.0 Å². The summed E-state index contributed by atoms with van der Waals surface area (Å²) in [6, 6.07) is 21.1. The summed E-state index contributed by atoms with van der Waals surface area (Å²) in [5.74, 6) is -0.853. The molecule has 1 aliphatic carbocycles. The van der Waals surface area contributed by atoms with Crippen LogP contribution in [0.25, 0.3) is 0 Å². The number of carboxylic acids is 1. The quantitative estimate of drug-likeness (QED) is 0.713. The summed E-state index contributed by atoms with van der Waals surface area (Å²) in [7, 11) is -2.66. The van der Waals surface area contributed by atoms with E-state index in [-0.39, 0.29) is 10.5 Å². The van der Waals surface area contributed by atoms with Gasteiger partial charge in [-0.25, -0.2) is 4.79 Å². The highest BCUT2D eigenvalue weighted by atomic mass is 28.4. The van der Waals surface area contributed by atoms with Gasteiger partial charge in [-0.1, -0.05) is 81.4 Å². The number of carbonyl (C=O) groups is 1. The van der Waals surface area contributed by atoms with E-state index in [2.05, 4.69) is 69.3 Å². The van der Waals surface area contributed by atoms with Gasteiger partial charge >= 0.3 is 5.97 Å². The summed E-state index contributed by atoms with van der Waals surface area (Å²) in [6.45, 7) is 11.3. The first-order valence-corrected chi connectivity index (χ1v) is 12.6. The lowest BCUT2D eigenvalue weighted by atomic mass is 9.57. The zero-order valence-corrected chi connectivity index (χ0v) is 19.6. The molecule has 2 aromatic carbocycles. The Hall–Kier alpha value is -1.95. The van der Waals surface area contributed by atoms with Crippen LogP contribution in [-0.4, -0.2) is 37.2 Å². The maximum atomic E-state index is 11.8. The van der Waals surface area contributed by atoms with Crippen molar-refractivity contribution < 1.29 is 19.1 Å². The second-order valence-electron chi connectivity index (χ2n) is 10.5. The molecular weight excluding hydrogens is 392 g/mol. The van der Waals surface area contributed by atoms with E-state index in [1.54, 1.807) is 0 Å². The molecule has 2 bridgehead atoms. The van der Waals surface area contributed by atoms with Crippen molar-refractivity contribution in [1.29, 1.82) is 0 Å². The molecule has 0 spiro atoms. The van der Waals surface area contributed by atoms with Gasteiger partial charge in [0.2, 0.25) is 0 Å². The van der Waals surface area contributed by atoms with E-state index in [9.17, 15) is 9.90 Å². The van der Waals surface area contributed by atoms with E-state index in [1.807, 2.05) is 26.0 Å². The molecule has 160 valence electrons. The van der Waals surface area contributed by atoms with Gasteiger partial charge in [0, 0.05) is 12.0 Å². The fourth-order valence-corrected chi connectivity index (χ4v) is 10.3. The Morgan fingerprint density at radius 2 is 1.47 bits per heavy atom. The van der Waals surface area contributed by atoms with Crippen LogP contribution >= 0.6 is 0 Å². The van der Waals surface area contributed by atoms with Crippen LogP contribution in [0.2, 0.25) is 5.04 Å². The third-order valence-corrected chi connectivity index (χ3v) is 12.3. The van der Waals surface area contributed by atoms with Crippen molar-refractivity contribution in [3.63, 3.8) is 0 Å². The lowest BCUT2D eigenvalue weighted by molar-refractivity contribution is -0.168.